The molecule has 0 aliphatic heterocycles. The minimum Gasteiger partial charge on any atom is -0.369 e. The van der Waals surface area contributed by atoms with Crippen LogP contribution < -0.4 is 5.32 Å². The Morgan fingerprint density at radius 1 is 1.13 bits per heavy atom. The fraction of sp³-hybridized carbons (Fsp3) is 0.267. The van der Waals surface area contributed by atoms with Gasteiger partial charge < -0.3 is 5.32 Å². The summed E-state index contributed by atoms with van der Waals surface area (Å²) in [7, 11) is 0. The van der Waals surface area contributed by atoms with Crippen molar-refractivity contribution in [2.45, 2.75) is 19.0 Å². The zero-order valence-corrected chi connectivity index (χ0v) is 12.8. The van der Waals surface area contributed by atoms with Crippen LogP contribution in [0.5, 0.6) is 0 Å². The molecule has 4 nitrogen and oxygen atoms in total. The molecule has 3 aromatic heterocycles. The minimum absolute atomic E-state index is 0.00193. The second kappa shape index (κ2) is 6.49. The highest BCUT2D eigenvalue weighted by molar-refractivity contribution is 7.16. The van der Waals surface area contributed by atoms with Gasteiger partial charge in [0.2, 0.25) is 0 Å². The highest BCUT2D eigenvalue weighted by Gasteiger charge is 2.25. The van der Waals surface area contributed by atoms with E-state index in [0.29, 0.717) is 17.3 Å². The summed E-state index contributed by atoms with van der Waals surface area (Å²) >= 11 is 1.45. The van der Waals surface area contributed by atoms with Gasteiger partial charge in [-0.05, 0) is 30.0 Å². The maximum Gasteiger partial charge on any atom is 0.389 e. The first kappa shape index (κ1) is 15.7. The molecular formula is C15H13F3N4S. The number of nitrogens with one attached hydrogen (secondary N) is 1. The molecule has 120 valence electrons. The van der Waals surface area contributed by atoms with Crippen LogP contribution in [0.3, 0.4) is 0 Å². The zero-order chi connectivity index (χ0) is 16.3. The number of anilines is 1. The number of hydrogen-bond acceptors (Lipinski definition) is 5. The minimum atomic E-state index is -4.13. The normalized spacial score (nSPS) is 11.8. The molecule has 0 fully saturated rings. The van der Waals surface area contributed by atoms with Crippen LogP contribution in [-0.2, 0) is 0 Å². The number of nitrogens with zero attached hydrogens (tertiary/aromatic N) is 3. The van der Waals surface area contributed by atoms with E-state index in [2.05, 4.69) is 20.3 Å². The Hall–Kier alpha value is -2.22. The Kier molecular flexibility index (Phi) is 4.42. The average Bonchev–Trinajstić information content (AvgIpc) is 3.00. The third-order valence-corrected chi connectivity index (χ3v) is 3.96. The van der Waals surface area contributed by atoms with Gasteiger partial charge in [-0.15, -0.1) is 11.3 Å². The molecule has 0 saturated heterocycles. The second-order valence-electron chi connectivity index (χ2n) is 4.90. The summed E-state index contributed by atoms with van der Waals surface area (Å²) in [5.41, 5.74) is 0.626. The summed E-state index contributed by atoms with van der Waals surface area (Å²) in [5, 5.41) is 5.67. The number of rotatable bonds is 5. The number of hydrogen-bond donors (Lipinski definition) is 1. The van der Waals surface area contributed by atoms with Crippen molar-refractivity contribution in [2.24, 2.45) is 0 Å². The van der Waals surface area contributed by atoms with Crippen LogP contribution in [0.1, 0.15) is 12.8 Å². The van der Waals surface area contributed by atoms with Crippen molar-refractivity contribution in [1.82, 2.24) is 15.0 Å². The summed E-state index contributed by atoms with van der Waals surface area (Å²) in [4.78, 5) is 13.9. The van der Waals surface area contributed by atoms with Gasteiger partial charge in [-0.3, -0.25) is 4.98 Å². The van der Waals surface area contributed by atoms with E-state index in [1.54, 1.807) is 18.3 Å². The van der Waals surface area contributed by atoms with Crippen molar-refractivity contribution >= 4 is 27.4 Å². The number of pyridine rings is 1. The SMILES string of the molecule is FC(F)(F)CCCNc1nc(-c2ccccn2)nc2sccc12. The van der Waals surface area contributed by atoms with Crippen LogP contribution in [0.25, 0.3) is 21.7 Å². The topological polar surface area (TPSA) is 50.7 Å². The molecule has 0 aromatic carbocycles. The third kappa shape index (κ3) is 3.95. The van der Waals surface area contributed by atoms with Crippen LogP contribution in [-0.4, -0.2) is 27.7 Å². The first-order valence-corrected chi connectivity index (χ1v) is 7.88. The van der Waals surface area contributed by atoms with Gasteiger partial charge >= 0.3 is 6.18 Å². The lowest BCUT2D eigenvalue weighted by atomic mass is 10.3. The molecule has 0 amide bonds. The van der Waals surface area contributed by atoms with E-state index in [9.17, 15) is 13.2 Å². The van der Waals surface area contributed by atoms with Gasteiger partial charge in [0.15, 0.2) is 5.82 Å². The predicted molar refractivity (Wildman–Crippen MR) is 84.4 cm³/mol. The number of thiophene rings is 1. The summed E-state index contributed by atoms with van der Waals surface area (Å²) in [6.45, 7) is 0.198. The van der Waals surface area contributed by atoms with Gasteiger partial charge in [0.1, 0.15) is 16.3 Å². The molecule has 0 spiro atoms. The summed E-state index contributed by atoms with van der Waals surface area (Å²) < 4.78 is 36.6. The number of alkyl halides is 3. The van der Waals surface area contributed by atoms with Crippen molar-refractivity contribution in [2.75, 3.05) is 11.9 Å². The molecule has 3 aromatic rings. The van der Waals surface area contributed by atoms with Crippen molar-refractivity contribution in [3.05, 3.63) is 35.8 Å². The molecule has 0 aliphatic rings. The Morgan fingerprint density at radius 3 is 2.74 bits per heavy atom. The smallest absolute Gasteiger partial charge is 0.369 e. The van der Waals surface area contributed by atoms with E-state index in [-0.39, 0.29) is 13.0 Å². The summed E-state index contributed by atoms with van der Waals surface area (Å²) in [6.07, 6.45) is -3.30. The van der Waals surface area contributed by atoms with E-state index in [4.69, 9.17) is 0 Å². The Balaban J connectivity index is 1.83. The van der Waals surface area contributed by atoms with E-state index in [1.165, 1.54) is 11.3 Å². The number of halogens is 3. The molecule has 8 heteroatoms. The van der Waals surface area contributed by atoms with Crippen molar-refractivity contribution in [1.29, 1.82) is 0 Å². The number of aromatic nitrogens is 3. The van der Waals surface area contributed by atoms with E-state index < -0.39 is 12.6 Å². The van der Waals surface area contributed by atoms with Gasteiger partial charge in [0.05, 0.1) is 5.39 Å². The zero-order valence-electron chi connectivity index (χ0n) is 12.0. The maximum atomic E-state index is 12.2. The van der Waals surface area contributed by atoms with Gasteiger partial charge in [0, 0.05) is 19.2 Å². The van der Waals surface area contributed by atoms with Crippen molar-refractivity contribution < 1.29 is 13.2 Å². The lowest BCUT2D eigenvalue weighted by Gasteiger charge is -2.10. The molecule has 0 radical (unpaired) electrons. The van der Waals surface area contributed by atoms with Gasteiger partial charge in [-0.25, -0.2) is 9.97 Å². The van der Waals surface area contributed by atoms with Crippen LogP contribution in [0.15, 0.2) is 35.8 Å². The Labute approximate surface area is 134 Å². The standard InChI is InChI=1S/C15H13F3N4S/c16-15(17,18)6-3-8-20-12-10-5-9-23-14(10)22-13(21-12)11-4-1-2-7-19-11/h1-2,4-5,7,9H,3,6,8H2,(H,20,21,22). The van der Waals surface area contributed by atoms with Gasteiger partial charge in [-0.2, -0.15) is 13.2 Å². The molecule has 3 heterocycles. The molecule has 0 saturated carbocycles. The Bertz CT molecular complexity index is 786. The van der Waals surface area contributed by atoms with E-state index in [0.717, 1.165) is 10.2 Å². The lowest BCUT2D eigenvalue weighted by molar-refractivity contribution is -0.134. The quantitative estimate of drug-likeness (QED) is 0.696. The maximum absolute atomic E-state index is 12.2. The van der Waals surface area contributed by atoms with Gasteiger partial charge in [0.25, 0.3) is 0 Å². The second-order valence-corrected chi connectivity index (χ2v) is 5.79. The molecule has 1 N–H and O–H groups in total. The fourth-order valence-corrected chi connectivity index (χ4v) is 2.86. The number of fused-ring (bicyclic) bond motifs is 1. The van der Waals surface area contributed by atoms with E-state index >= 15 is 0 Å². The van der Waals surface area contributed by atoms with Gasteiger partial charge in [-0.1, -0.05) is 6.07 Å². The molecule has 3 rings (SSSR count). The first-order chi connectivity index (χ1) is 11.0. The largest absolute Gasteiger partial charge is 0.389 e. The monoisotopic (exact) mass is 338 g/mol. The predicted octanol–water partition coefficient (Wildman–Crippen LogP) is 4.51. The van der Waals surface area contributed by atoms with Crippen molar-refractivity contribution in [3.63, 3.8) is 0 Å². The molecule has 0 atom stereocenters. The molecule has 0 bridgehead atoms. The fourth-order valence-electron chi connectivity index (χ4n) is 2.10. The Morgan fingerprint density at radius 2 is 2.00 bits per heavy atom. The van der Waals surface area contributed by atoms with E-state index in [1.807, 2.05) is 17.5 Å². The molecule has 0 unspecified atom stereocenters. The van der Waals surface area contributed by atoms with Crippen LogP contribution in [0, 0.1) is 0 Å². The summed E-state index contributed by atoms with van der Waals surface area (Å²) in [5.74, 6) is 0.998. The highest BCUT2D eigenvalue weighted by Crippen LogP contribution is 2.28. The summed E-state index contributed by atoms with van der Waals surface area (Å²) in [6, 6.07) is 7.28. The first-order valence-electron chi connectivity index (χ1n) is 7.00. The molecule has 0 aliphatic carbocycles. The van der Waals surface area contributed by atoms with Crippen LogP contribution in [0.4, 0.5) is 19.0 Å². The van der Waals surface area contributed by atoms with Crippen LogP contribution >= 0.6 is 11.3 Å². The lowest BCUT2D eigenvalue weighted by Crippen LogP contribution is -2.11. The third-order valence-electron chi connectivity index (χ3n) is 3.15. The molecule has 23 heavy (non-hydrogen) atoms. The van der Waals surface area contributed by atoms with Crippen molar-refractivity contribution in [3.8, 4) is 11.5 Å². The highest BCUT2D eigenvalue weighted by atomic mass is 32.1. The van der Waals surface area contributed by atoms with Crippen LogP contribution in [0.2, 0.25) is 0 Å². The average molecular weight is 338 g/mol. The molecular weight excluding hydrogens is 325 g/mol.